The van der Waals surface area contributed by atoms with Crippen molar-refractivity contribution < 1.29 is 56.2 Å². The van der Waals surface area contributed by atoms with Crippen LogP contribution >= 0.6 is 0 Å². The summed E-state index contributed by atoms with van der Waals surface area (Å²) in [6.07, 6.45) is 2.78. The van der Waals surface area contributed by atoms with Crippen LogP contribution in [0.5, 0.6) is 0 Å². The Kier molecular flexibility index (Phi) is 5.45. The van der Waals surface area contributed by atoms with Crippen molar-refractivity contribution in [2.75, 3.05) is 6.54 Å². The molecule has 1 aliphatic rings. The summed E-state index contributed by atoms with van der Waals surface area (Å²) in [4.78, 5) is 10.5. The zero-order valence-electron chi connectivity index (χ0n) is 5.98. The van der Waals surface area contributed by atoms with Crippen molar-refractivity contribution in [3.63, 3.8) is 0 Å². The molecule has 1 rings (SSSR count). The molecule has 1 fully saturated rings. The monoisotopic (exact) mass is 151 g/mol. The average Bonchev–Trinajstić information content (AvgIpc) is 1.64. The van der Waals surface area contributed by atoms with Gasteiger partial charge in [-0.25, -0.2) is 0 Å². The molecule has 1 aliphatic heterocycles. The van der Waals surface area contributed by atoms with Gasteiger partial charge in [-0.1, -0.05) is 6.92 Å². The summed E-state index contributed by atoms with van der Waals surface area (Å²) < 4.78 is 0. The van der Waals surface area contributed by atoms with E-state index in [1.54, 1.807) is 0 Å². The van der Waals surface area contributed by atoms with Gasteiger partial charge < -0.3 is 11.7 Å². The molecule has 0 aromatic carbocycles. The molecule has 1 unspecified atom stereocenters. The average molecular weight is 151 g/mol. The number of hydrogen-bond donors (Lipinski definition) is 1. The summed E-state index contributed by atoms with van der Waals surface area (Å²) in [5.41, 5.74) is 0. The number of piperidine rings is 1. The van der Waals surface area contributed by atoms with E-state index >= 15 is 0 Å². The van der Waals surface area contributed by atoms with Crippen LogP contribution in [0, 0.1) is 12.3 Å². The Morgan fingerprint density at radius 1 is 1.78 bits per heavy atom. The summed E-state index contributed by atoms with van der Waals surface area (Å²) >= 11 is 0. The first kappa shape index (κ1) is 10.1. The van der Waals surface area contributed by atoms with Gasteiger partial charge in [-0.3, -0.25) is 4.79 Å². The van der Waals surface area contributed by atoms with Crippen LogP contribution in [0.3, 0.4) is 0 Å². The van der Waals surface area contributed by atoms with Crippen LogP contribution in [0.1, 0.15) is 13.3 Å². The minimum atomic E-state index is 0. The normalized spacial score (nSPS) is 26.3. The second kappa shape index (κ2) is 4.85. The molecular formula is C6H10KNO. The molecule has 1 amide bonds. The predicted octanol–water partition coefficient (Wildman–Crippen LogP) is -2.65. The number of hydrogen-bond acceptors (Lipinski definition) is 1. The predicted molar refractivity (Wildman–Crippen MR) is 31.1 cm³/mol. The molecule has 3 heteroatoms. The molecule has 0 aromatic heterocycles. The van der Waals surface area contributed by atoms with Crippen LogP contribution in [-0.4, -0.2) is 12.5 Å². The first-order valence-electron chi connectivity index (χ1n) is 2.89. The van der Waals surface area contributed by atoms with Gasteiger partial charge in [0.1, 0.15) is 0 Å². The van der Waals surface area contributed by atoms with Crippen molar-refractivity contribution in [2.24, 2.45) is 5.92 Å². The van der Waals surface area contributed by atoms with E-state index in [4.69, 9.17) is 0 Å². The molecule has 1 atom stereocenters. The van der Waals surface area contributed by atoms with Crippen LogP contribution in [0.4, 0.5) is 0 Å². The number of amides is 1. The van der Waals surface area contributed by atoms with Crippen molar-refractivity contribution in [3.8, 4) is 0 Å². The number of carbonyl (C=O) groups excluding carboxylic acids is 1. The van der Waals surface area contributed by atoms with E-state index in [1.807, 2.05) is 0 Å². The third-order valence-electron chi connectivity index (χ3n) is 1.33. The SMILES string of the molecule is CC1[CH-]CNC(=O)C1.[K+]. The standard InChI is InChI=1S/C6H10NO.K/c1-5-2-3-7-6(8)4-5;/h2,5H,3-4H2,1H3,(H,7,8);/q-1;+1. The maximum atomic E-state index is 10.5. The molecule has 0 aliphatic carbocycles. The van der Waals surface area contributed by atoms with Crippen molar-refractivity contribution >= 4 is 5.91 Å². The van der Waals surface area contributed by atoms with Crippen molar-refractivity contribution in [1.29, 1.82) is 0 Å². The van der Waals surface area contributed by atoms with Crippen molar-refractivity contribution in [3.05, 3.63) is 6.42 Å². The fraction of sp³-hybridized carbons (Fsp3) is 0.667. The van der Waals surface area contributed by atoms with Gasteiger partial charge in [0.25, 0.3) is 0 Å². The summed E-state index contributed by atoms with van der Waals surface area (Å²) in [6.45, 7) is 2.80. The van der Waals surface area contributed by atoms with E-state index in [1.165, 1.54) is 0 Å². The van der Waals surface area contributed by atoms with E-state index in [0.717, 1.165) is 6.54 Å². The molecule has 0 spiro atoms. The van der Waals surface area contributed by atoms with Gasteiger partial charge in [-0.2, -0.15) is 5.92 Å². The minimum Gasteiger partial charge on any atom is -0.386 e. The van der Waals surface area contributed by atoms with Gasteiger partial charge in [-0.15, -0.1) is 6.54 Å². The number of carbonyl (C=O) groups is 1. The van der Waals surface area contributed by atoms with Gasteiger partial charge in [0, 0.05) is 6.42 Å². The molecule has 1 N–H and O–H groups in total. The van der Waals surface area contributed by atoms with E-state index in [2.05, 4.69) is 18.7 Å². The number of rotatable bonds is 0. The van der Waals surface area contributed by atoms with Gasteiger partial charge in [0.05, 0.1) is 0 Å². The smallest absolute Gasteiger partial charge is 0.386 e. The second-order valence-corrected chi connectivity index (χ2v) is 2.22. The second-order valence-electron chi connectivity index (χ2n) is 2.22. The van der Waals surface area contributed by atoms with Crippen LogP contribution in [-0.2, 0) is 4.79 Å². The molecule has 1 saturated heterocycles. The van der Waals surface area contributed by atoms with Gasteiger partial charge in [0.15, 0.2) is 0 Å². The van der Waals surface area contributed by atoms with E-state index < -0.39 is 0 Å². The largest absolute Gasteiger partial charge is 1.00 e. The topological polar surface area (TPSA) is 29.1 Å². The third-order valence-corrected chi connectivity index (χ3v) is 1.33. The third kappa shape index (κ3) is 3.73. The summed E-state index contributed by atoms with van der Waals surface area (Å²) in [6, 6.07) is 0. The van der Waals surface area contributed by atoms with Crippen LogP contribution in [0.15, 0.2) is 0 Å². The molecule has 2 nitrogen and oxygen atoms in total. The van der Waals surface area contributed by atoms with Gasteiger partial charge >= 0.3 is 51.4 Å². The number of nitrogens with one attached hydrogen (secondary N) is 1. The minimum absolute atomic E-state index is 0. The Hall–Kier alpha value is 1.11. The van der Waals surface area contributed by atoms with Gasteiger partial charge in [-0.05, 0) is 0 Å². The Morgan fingerprint density at radius 2 is 2.44 bits per heavy atom. The first-order valence-corrected chi connectivity index (χ1v) is 2.89. The maximum Gasteiger partial charge on any atom is 1.00 e. The summed E-state index contributed by atoms with van der Waals surface area (Å²) in [5.74, 6) is 0.656. The van der Waals surface area contributed by atoms with Crippen LogP contribution in [0.25, 0.3) is 0 Å². The van der Waals surface area contributed by atoms with Crippen molar-refractivity contribution in [2.45, 2.75) is 13.3 Å². The first-order chi connectivity index (χ1) is 3.79. The van der Waals surface area contributed by atoms with Gasteiger partial charge in [0.2, 0.25) is 5.91 Å². The molecule has 1 heterocycles. The fourth-order valence-corrected chi connectivity index (χ4v) is 0.822. The molecular weight excluding hydrogens is 141 g/mol. The fourth-order valence-electron chi connectivity index (χ4n) is 0.822. The Labute approximate surface area is 98.2 Å². The molecule has 0 bridgehead atoms. The zero-order valence-corrected chi connectivity index (χ0v) is 9.10. The molecule has 0 radical (unpaired) electrons. The Bertz CT molecular complexity index is 105. The molecule has 0 aromatic rings. The van der Waals surface area contributed by atoms with Crippen LogP contribution < -0.4 is 56.7 Å². The quantitative estimate of drug-likeness (QED) is 0.297. The Morgan fingerprint density at radius 3 is 2.78 bits per heavy atom. The molecule has 46 valence electrons. The van der Waals surface area contributed by atoms with E-state index in [9.17, 15) is 4.79 Å². The van der Waals surface area contributed by atoms with E-state index in [0.29, 0.717) is 12.3 Å². The Balaban J connectivity index is 0.000000640. The maximum absolute atomic E-state index is 10.5. The van der Waals surface area contributed by atoms with Crippen molar-refractivity contribution in [1.82, 2.24) is 5.32 Å². The molecule has 0 saturated carbocycles. The van der Waals surface area contributed by atoms with E-state index in [-0.39, 0.29) is 57.3 Å². The zero-order chi connectivity index (χ0) is 5.98. The summed E-state index contributed by atoms with van der Waals surface area (Å²) in [7, 11) is 0. The summed E-state index contributed by atoms with van der Waals surface area (Å²) in [5, 5.41) is 2.72. The molecule has 9 heavy (non-hydrogen) atoms. The van der Waals surface area contributed by atoms with Crippen LogP contribution in [0.2, 0.25) is 0 Å².